The van der Waals surface area contributed by atoms with Crippen LogP contribution in [0.4, 0.5) is 0 Å². The first-order valence-electron chi connectivity index (χ1n) is 10.1. The Morgan fingerprint density at radius 1 is 1.12 bits per heavy atom. The summed E-state index contributed by atoms with van der Waals surface area (Å²) in [6.07, 6.45) is 6.93. The Bertz CT molecular complexity index is 443. The maximum Gasteiger partial charge on any atom is 0.0236 e. The lowest BCUT2D eigenvalue weighted by Crippen LogP contribution is -2.47. The van der Waals surface area contributed by atoms with Gasteiger partial charge in [0.1, 0.15) is 0 Å². The van der Waals surface area contributed by atoms with Gasteiger partial charge in [-0.2, -0.15) is 0 Å². The molecule has 3 atom stereocenters. The first-order valence-corrected chi connectivity index (χ1v) is 10.1. The molecule has 0 aromatic heterocycles. The topological polar surface area (TPSA) is 15.3 Å². The fraction of sp³-hybridized carbons (Fsp3) is 0.727. The first-order chi connectivity index (χ1) is 11.6. The zero-order valence-corrected chi connectivity index (χ0v) is 16.3. The van der Waals surface area contributed by atoms with Gasteiger partial charge >= 0.3 is 0 Å². The predicted octanol–water partition coefficient (Wildman–Crippen LogP) is 5.09. The summed E-state index contributed by atoms with van der Waals surface area (Å²) in [7, 11) is 0. The van der Waals surface area contributed by atoms with Crippen molar-refractivity contribution in [3.8, 4) is 0 Å². The molecule has 0 aliphatic heterocycles. The van der Waals surface area contributed by atoms with Crippen molar-refractivity contribution >= 4 is 0 Å². The Labute approximate surface area is 150 Å². The van der Waals surface area contributed by atoms with Gasteiger partial charge in [0, 0.05) is 25.2 Å². The molecule has 1 aliphatic rings. The summed E-state index contributed by atoms with van der Waals surface area (Å²) in [5.41, 5.74) is 1.44. The van der Waals surface area contributed by atoms with Crippen molar-refractivity contribution < 1.29 is 0 Å². The predicted molar refractivity (Wildman–Crippen MR) is 105 cm³/mol. The van der Waals surface area contributed by atoms with Crippen LogP contribution in [0.25, 0.3) is 0 Å². The van der Waals surface area contributed by atoms with Crippen molar-refractivity contribution in [2.75, 3.05) is 13.1 Å². The minimum Gasteiger partial charge on any atom is -0.314 e. The van der Waals surface area contributed by atoms with E-state index in [1.807, 2.05) is 0 Å². The number of rotatable bonds is 9. The van der Waals surface area contributed by atoms with E-state index in [9.17, 15) is 0 Å². The van der Waals surface area contributed by atoms with Gasteiger partial charge in [-0.15, -0.1) is 0 Å². The van der Waals surface area contributed by atoms with Gasteiger partial charge < -0.3 is 5.32 Å². The molecule has 1 N–H and O–H groups in total. The van der Waals surface area contributed by atoms with E-state index in [2.05, 4.69) is 68.2 Å². The van der Waals surface area contributed by atoms with E-state index >= 15 is 0 Å². The van der Waals surface area contributed by atoms with Crippen LogP contribution >= 0.6 is 0 Å². The van der Waals surface area contributed by atoms with E-state index < -0.39 is 0 Å². The lowest BCUT2D eigenvalue weighted by atomic mass is 9.76. The summed E-state index contributed by atoms with van der Waals surface area (Å²) in [5.74, 6) is 1.74. The van der Waals surface area contributed by atoms with Crippen LogP contribution in [-0.4, -0.2) is 30.1 Å². The molecule has 24 heavy (non-hydrogen) atoms. The number of benzene rings is 1. The molecule has 1 aliphatic carbocycles. The second-order valence-corrected chi connectivity index (χ2v) is 7.90. The van der Waals surface area contributed by atoms with E-state index in [4.69, 9.17) is 0 Å². The zero-order valence-electron chi connectivity index (χ0n) is 16.3. The molecule has 0 amide bonds. The molecule has 1 aromatic rings. The summed E-state index contributed by atoms with van der Waals surface area (Å²) >= 11 is 0. The molecule has 0 heterocycles. The van der Waals surface area contributed by atoms with Gasteiger partial charge in [0.25, 0.3) is 0 Å². The summed E-state index contributed by atoms with van der Waals surface area (Å²) < 4.78 is 0. The van der Waals surface area contributed by atoms with Crippen LogP contribution in [0, 0.1) is 11.8 Å². The average Bonchev–Trinajstić information content (AvgIpc) is 2.58. The van der Waals surface area contributed by atoms with Crippen molar-refractivity contribution in [2.45, 2.75) is 78.4 Å². The van der Waals surface area contributed by atoms with Gasteiger partial charge in [-0.05, 0) is 57.1 Å². The Balaban J connectivity index is 2.02. The van der Waals surface area contributed by atoms with Crippen molar-refractivity contribution in [1.29, 1.82) is 0 Å². The summed E-state index contributed by atoms with van der Waals surface area (Å²) in [5, 5.41) is 3.78. The minimum atomic E-state index is 0.596. The van der Waals surface area contributed by atoms with Crippen LogP contribution in [0.15, 0.2) is 30.3 Å². The number of nitrogens with one attached hydrogen (secondary N) is 1. The molecule has 0 spiro atoms. The monoisotopic (exact) mass is 330 g/mol. The normalized spacial score (nSPS) is 24.7. The molecule has 2 heteroatoms. The molecular weight excluding hydrogens is 292 g/mol. The quantitative estimate of drug-likeness (QED) is 0.678. The van der Waals surface area contributed by atoms with Crippen molar-refractivity contribution in [3.05, 3.63) is 35.9 Å². The lowest BCUT2D eigenvalue weighted by molar-refractivity contribution is 0.112. The highest BCUT2D eigenvalue weighted by molar-refractivity contribution is 5.14. The van der Waals surface area contributed by atoms with Crippen LogP contribution in [0.3, 0.4) is 0 Å². The third-order valence-corrected chi connectivity index (χ3v) is 5.68. The van der Waals surface area contributed by atoms with Crippen molar-refractivity contribution in [2.24, 2.45) is 11.8 Å². The second kappa shape index (κ2) is 10.2. The molecule has 2 rings (SSSR count). The summed E-state index contributed by atoms with van der Waals surface area (Å²) in [4.78, 5) is 2.68. The van der Waals surface area contributed by atoms with E-state index in [1.165, 1.54) is 44.2 Å². The molecule has 1 fully saturated rings. The van der Waals surface area contributed by atoms with Crippen molar-refractivity contribution in [1.82, 2.24) is 10.2 Å². The Kier molecular flexibility index (Phi) is 8.28. The molecular formula is C22H38N2. The number of hydrogen-bond donors (Lipinski definition) is 1. The highest BCUT2D eigenvalue weighted by Crippen LogP contribution is 2.33. The van der Waals surface area contributed by atoms with Crippen LogP contribution < -0.4 is 5.32 Å². The van der Waals surface area contributed by atoms with Gasteiger partial charge in [0.15, 0.2) is 0 Å². The molecule has 1 aromatic carbocycles. The molecule has 0 radical (unpaired) electrons. The molecule has 1 saturated carbocycles. The third-order valence-electron chi connectivity index (χ3n) is 5.68. The second-order valence-electron chi connectivity index (χ2n) is 7.90. The Morgan fingerprint density at radius 2 is 1.88 bits per heavy atom. The zero-order chi connectivity index (χ0) is 17.4. The van der Waals surface area contributed by atoms with E-state index in [-0.39, 0.29) is 0 Å². The smallest absolute Gasteiger partial charge is 0.0236 e. The lowest BCUT2D eigenvalue weighted by Gasteiger charge is -2.40. The number of hydrogen-bond acceptors (Lipinski definition) is 2. The van der Waals surface area contributed by atoms with Gasteiger partial charge in [0.2, 0.25) is 0 Å². The summed E-state index contributed by atoms with van der Waals surface area (Å²) in [6, 6.07) is 12.3. The maximum absolute atomic E-state index is 3.78. The molecule has 2 nitrogen and oxygen atoms in total. The highest BCUT2D eigenvalue weighted by Gasteiger charge is 2.31. The van der Waals surface area contributed by atoms with Gasteiger partial charge in [-0.3, -0.25) is 4.90 Å². The largest absolute Gasteiger partial charge is 0.314 e. The van der Waals surface area contributed by atoms with Crippen LogP contribution in [0.2, 0.25) is 0 Å². The fourth-order valence-electron chi connectivity index (χ4n) is 4.34. The van der Waals surface area contributed by atoms with E-state index in [0.29, 0.717) is 12.1 Å². The maximum atomic E-state index is 3.78. The van der Waals surface area contributed by atoms with Gasteiger partial charge in [0.05, 0.1) is 0 Å². The van der Waals surface area contributed by atoms with E-state index in [0.717, 1.165) is 24.9 Å². The first kappa shape index (κ1) is 19.5. The fourth-order valence-corrected chi connectivity index (χ4v) is 4.34. The van der Waals surface area contributed by atoms with E-state index in [1.54, 1.807) is 0 Å². The Hall–Kier alpha value is -0.860. The molecule has 3 unspecified atom stereocenters. The van der Waals surface area contributed by atoms with Crippen LogP contribution in [0.5, 0.6) is 0 Å². The van der Waals surface area contributed by atoms with Crippen molar-refractivity contribution in [3.63, 3.8) is 0 Å². The van der Waals surface area contributed by atoms with Gasteiger partial charge in [-0.1, -0.05) is 57.0 Å². The molecule has 0 bridgehead atoms. The third kappa shape index (κ3) is 5.89. The van der Waals surface area contributed by atoms with Crippen LogP contribution in [0.1, 0.15) is 65.4 Å². The number of nitrogens with zero attached hydrogens (tertiary/aromatic N) is 1. The molecule has 0 saturated heterocycles. The Morgan fingerprint density at radius 3 is 2.50 bits per heavy atom. The molecule has 136 valence electrons. The average molecular weight is 331 g/mol. The van der Waals surface area contributed by atoms with Crippen LogP contribution in [-0.2, 0) is 6.54 Å². The standard InChI is InChI=1S/C22H38N2/c1-5-10-19-13-14-22(23-6-2)21(15-19)17-24(18(3)4)16-20-11-8-7-9-12-20/h7-9,11-12,18-19,21-23H,5-6,10,13-17H2,1-4H3. The minimum absolute atomic E-state index is 0.596. The summed E-state index contributed by atoms with van der Waals surface area (Å²) in [6.45, 7) is 12.7. The SMILES string of the molecule is CCCC1CCC(NCC)C(CN(Cc2ccccc2)C(C)C)C1. The highest BCUT2D eigenvalue weighted by atomic mass is 15.2. The van der Waals surface area contributed by atoms with Gasteiger partial charge in [-0.25, -0.2) is 0 Å².